The highest BCUT2D eigenvalue weighted by atomic mass is 19.4. The van der Waals surface area contributed by atoms with E-state index in [9.17, 15) is 18.0 Å². The number of nitrogens with one attached hydrogen (secondary N) is 1. The largest absolute Gasteiger partial charge is 0.497 e. The summed E-state index contributed by atoms with van der Waals surface area (Å²) in [6.45, 7) is 0. The standard InChI is InChI=1S/C24H18F3N3O2/c1-32-18-13-11-16(12-14-18)28-23(31)20-15-30(17-7-3-2-4-8-17)29-22(20)19-9-5-6-10-21(19)24(25,26)27/h2-15H,1H3,(H,28,31). The lowest BCUT2D eigenvalue weighted by molar-refractivity contribution is -0.137. The topological polar surface area (TPSA) is 56.1 Å². The average molecular weight is 437 g/mol. The first kappa shape index (κ1) is 21.2. The summed E-state index contributed by atoms with van der Waals surface area (Å²) in [5.74, 6) is 0.0315. The van der Waals surface area contributed by atoms with E-state index in [1.54, 1.807) is 48.5 Å². The average Bonchev–Trinajstić information content (AvgIpc) is 3.25. The Morgan fingerprint density at radius 3 is 2.25 bits per heavy atom. The van der Waals surface area contributed by atoms with Gasteiger partial charge in [0.2, 0.25) is 0 Å². The van der Waals surface area contributed by atoms with E-state index < -0.39 is 17.6 Å². The van der Waals surface area contributed by atoms with E-state index in [0.717, 1.165) is 6.07 Å². The predicted octanol–water partition coefficient (Wildman–Crippen LogP) is 5.82. The summed E-state index contributed by atoms with van der Waals surface area (Å²) < 4.78 is 47.5. The maximum atomic E-state index is 13.7. The molecule has 0 spiro atoms. The summed E-state index contributed by atoms with van der Waals surface area (Å²) in [5.41, 5.74) is 0.000543. The number of para-hydroxylation sites is 1. The van der Waals surface area contributed by atoms with Crippen molar-refractivity contribution in [3.8, 4) is 22.7 Å². The van der Waals surface area contributed by atoms with Crippen molar-refractivity contribution in [2.45, 2.75) is 6.18 Å². The second-order valence-corrected chi connectivity index (χ2v) is 6.90. The number of halogens is 3. The zero-order valence-electron chi connectivity index (χ0n) is 16.9. The van der Waals surface area contributed by atoms with Gasteiger partial charge in [0.15, 0.2) is 0 Å². The number of methoxy groups -OCH3 is 1. The van der Waals surface area contributed by atoms with Crippen LogP contribution in [0.2, 0.25) is 0 Å². The van der Waals surface area contributed by atoms with Gasteiger partial charge in [-0.15, -0.1) is 0 Å². The number of hydrogen-bond acceptors (Lipinski definition) is 3. The van der Waals surface area contributed by atoms with Crippen molar-refractivity contribution in [1.82, 2.24) is 9.78 Å². The van der Waals surface area contributed by atoms with Crippen LogP contribution in [0.25, 0.3) is 16.9 Å². The van der Waals surface area contributed by atoms with Gasteiger partial charge in [0, 0.05) is 17.4 Å². The van der Waals surface area contributed by atoms with Gasteiger partial charge in [-0.2, -0.15) is 18.3 Å². The molecule has 0 bridgehead atoms. The Morgan fingerprint density at radius 1 is 0.938 bits per heavy atom. The fourth-order valence-electron chi connectivity index (χ4n) is 3.26. The molecular formula is C24H18F3N3O2. The number of aromatic nitrogens is 2. The van der Waals surface area contributed by atoms with Gasteiger partial charge in [-0.1, -0.05) is 36.4 Å². The van der Waals surface area contributed by atoms with Crippen molar-refractivity contribution in [1.29, 1.82) is 0 Å². The van der Waals surface area contributed by atoms with Crippen molar-refractivity contribution < 1.29 is 22.7 Å². The van der Waals surface area contributed by atoms with Crippen LogP contribution in [0.1, 0.15) is 15.9 Å². The molecule has 1 aromatic heterocycles. The Hall–Kier alpha value is -4.07. The number of carbonyl (C=O) groups excluding carboxylic acids is 1. The summed E-state index contributed by atoms with van der Waals surface area (Å²) in [4.78, 5) is 13.1. The number of rotatable bonds is 5. The summed E-state index contributed by atoms with van der Waals surface area (Å²) >= 11 is 0. The third-order valence-corrected chi connectivity index (χ3v) is 4.82. The van der Waals surface area contributed by atoms with Crippen molar-refractivity contribution in [3.63, 3.8) is 0 Å². The van der Waals surface area contributed by atoms with Gasteiger partial charge in [0.1, 0.15) is 11.4 Å². The molecule has 32 heavy (non-hydrogen) atoms. The van der Waals surface area contributed by atoms with E-state index in [-0.39, 0.29) is 16.8 Å². The number of amides is 1. The quantitative estimate of drug-likeness (QED) is 0.428. The van der Waals surface area contributed by atoms with Crippen LogP contribution in [0.3, 0.4) is 0 Å². The zero-order valence-corrected chi connectivity index (χ0v) is 16.9. The van der Waals surface area contributed by atoms with Gasteiger partial charge in [-0.3, -0.25) is 4.79 Å². The molecule has 0 unspecified atom stereocenters. The van der Waals surface area contributed by atoms with Crippen LogP contribution >= 0.6 is 0 Å². The summed E-state index contributed by atoms with van der Waals surface area (Å²) in [6, 6.07) is 20.5. The molecule has 1 N–H and O–H groups in total. The minimum atomic E-state index is -4.60. The molecule has 0 radical (unpaired) electrons. The minimum Gasteiger partial charge on any atom is -0.497 e. The van der Waals surface area contributed by atoms with Crippen molar-refractivity contribution in [2.75, 3.05) is 12.4 Å². The molecule has 1 amide bonds. The van der Waals surface area contributed by atoms with Gasteiger partial charge in [0.25, 0.3) is 5.91 Å². The Morgan fingerprint density at radius 2 is 1.59 bits per heavy atom. The molecule has 0 atom stereocenters. The monoisotopic (exact) mass is 437 g/mol. The molecule has 1 heterocycles. The Bertz CT molecular complexity index is 1230. The molecule has 4 aromatic rings. The molecule has 0 aliphatic rings. The van der Waals surface area contributed by atoms with Gasteiger partial charge < -0.3 is 10.1 Å². The fraction of sp³-hybridized carbons (Fsp3) is 0.0833. The number of hydrogen-bond donors (Lipinski definition) is 1. The number of nitrogens with zero attached hydrogens (tertiary/aromatic N) is 2. The summed E-state index contributed by atoms with van der Waals surface area (Å²) in [6.07, 6.45) is -3.17. The van der Waals surface area contributed by atoms with Crippen LogP contribution in [0, 0.1) is 0 Å². The maximum absolute atomic E-state index is 13.7. The van der Waals surface area contributed by atoms with Gasteiger partial charge in [-0.05, 0) is 42.5 Å². The molecule has 0 saturated heterocycles. The zero-order chi connectivity index (χ0) is 22.7. The third-order valence-electron chi connectivity index (χ3n) is 4.82. The van der Waals surface area contributed by atoms with E-state index in [4.69, 9.17) is 4.74 Å². The number of alkyl halides is 3. The summed E-state index contributed by atoms with van der Waals surface area (Å²) in [7, 11) is 1.52. The highest BCUT2D eigenvalue weighted by molar-refractivity contribution is 6.08. The fourth-order valence-corrected chi connectivity index (χ4v) is 3.26. The molecule has 5 nitrogen and oxygen atoms in total. The van der Waals surface area contributed by atoms with Crippen molar-refractivity contribution >= 4 is 11.6 Å². The molecule has 0 aliphatic carbocycles. The Kier molecular flexibility index (Phi) is 5.68. The molecule has 162 valence electrons. The van der Waals surface area contributed by atoms with Crippen LogP contribution in [0.5, 0.6) is 5.75 Å². The first-order valence-corrected chi connectivity index (χ1v) is 9.64. The Labute approximate surface area is 182 Å². The van der Waals surface area contributed by atoms with E-state index in [2.05, 4.69) is 10.4 Å². The van der Waals surface area contributed by atoms with E-state index in [0.29, 0.717) is 17.1 Å². The highest BCUT2D eigenvalue weighted by Gasteiger charge is 2.35. The molecule has 3 aromatic carbocycles. The lowest BCUT2D eigenvalue weighted by Crippen LogP contribution is -2.13. The van der Waals surface area contributed by atoms with Crippen molar-refractivity contribution in [3.05, 3.63) is 96.2 Å². The highest BCUT2D eigenvalue weighted by Crippen LogP contribution is 2.38. The predicted molar refractivity (Wildman–Crippen MR) is 115 cm³/mol. The first-order valence-electron chi connectivity index (χ1n) is 9.64. The molecule has 0 saturated carbocycles. The van der Waals surface area contributed by atoms with E-state index in [1.807, 2.05) is 6.07 Å². The normalized spacial score (nSPS) is 11.2. The lowest BCUT2D eigenvalue weighted by Gasteiger charge is -2.12. The number of benzene rings is 3. The van der Waals surface area contributed by atoms with Crippen LogP contribution in [-0.2, 0) is 6.18 Å². The van der Waals surface area contributed by atoms with Crippen LogP contribution < -0.4 is 10.1 Å². The van der Waals surface area contributed by atoms with Gasteiger partial charge in [-0.25, -0.2) is 4.68 Å². The van der Waals surface area contributed by atoms with Crippen LogP contribution in [0.15, 0.2) is 85.1 Å². The first-order chi connectivity index (χ1) is 15.4. The van der Waals surface area contributed by atoms with Gasteiger partial charge in [0.05, 0.1) is 23.9 Å². The van der Waals surface area contributed by atoms with Gasteiger partial charge >= 0.3 is 6.18 Å². The van der Waals surface area contributed by atoms with E-state index >= 15 is 0 Å². The second-order valence-electron chi connectivity index (χ2n) is 6.90. The molecule has 8 heteroatoms. The number of carbonyl (C=O) groups is 1. The minimum absolute atomic E-state index is 0.0152. The maximum Gasteiger partial charge on any atom is 0.417 e. The number of anilines is 1. The number of ether oxygens (including phenoxy) is 1. The van der Waals surface area contributed by atoms with Crippen molar-refractivity contribution in [2.24, 2.45) is 0 Å². The van der Waals surface area contributed by atoms with Crippen LogP contribution in [-0.4, -0.2) is 22.8 Å². The lowest BCUT2D eigenvalue weighted by atomic mass is 10.0. The molecule has 0 fully saturated rings. The van der Waals surface area contributed by atoms with Crippen LogP contribution in [0.4, 0.5) is 18.9 Å². The molecule has 0 aliphatic heterocycles. The molecular weight excluding hydrogens is 419 g/mol. The second kappa shape index (κ2) is 8.58. The SMILES string of the molecule is COc1ccc(NC(=O)c2cn(-c3ccccc3)nc2-c2ccccc2C(F)(F)F)cc1. The summed E-state index contributed by atoms with van der Waals surface area (Å²) in [5, 5.41) is 7.06. The molecule has 4 rings (SSSR count). The van der Waals surface area contributed by atoms with E-state index in [1.165, 1.54) is 36.2 Å². The Balaban J connectivity index is 1.81. The smallest absolute Gasteiger partial charge is 0.417 e. The third kappa shape index (κ3) is 4.34.